The molecular formula is C27H18F5N3O5S. The Hall–Kier alpha value is -4.59. The number of hydrogen-bond acceptors (Lipinski definition) is 7. The van der Waals surface area contributed by atoms with Gasteiger partial charge in [0.05, 0.1) is 28.2 Å². The summed E-state index contributed by atoms with van der Waals surface area (Å²) in [6, 6.07) is 10.6. The summed E-state index contributed by atoms with van der Waals surface area (Å²) in [5, 5.41) is 5.16. The quantitative estimate of drug-likeness (QED) is 0.231. The van der Waals surface area contributed by atoms with Crippen LogP contribution in [0.3, 0.4) is 0 Å². The maximum absolute atomic E-state index is 14.8. The van der Waals surface area contributed by atoms with E-state index in [0.29, 0.717) is 10.2 Å². The molecule has 1 aliphatic carbocycles. The number of rotatable bonds is 8. The zero-order valence-electron chi connectivity index (χ0n) is 20.7. The van der Waals surface area contributed by atoms with Crippen molar-refractivity contribution in [3.8, 4) is 17.2 Å². The number of ketones is 1. The van der Waals surface area contributed by atoms with E-state index < -0.39 is 35.6 Å². The Bertz CT molecular complexity index is 1670. The number of thiazole rings is 1. The Labute approximate surface area is 232 Å². The molecule has 4 aromatic rings. The van der Waals surface area contributed by atoms with Gasteiger partial charge in [-0.05, 0) is 35.9 Å². The fourth-order valence-electron chi connectivity index (χ4n) is 3.97. The second-order valence-corrected chi connectivity index (χ2v) is 10.1. The summed E-state index contributed by atoms with van der Waals surface area (Å²) in [5.41, 5.74) is 0.205. The molecule has 2 N–H and O–H groups in total. The minimum Gasteiger partial charge on any atom is -0.454 e. The molecule has 0 bridgehead atoms. The summed E-state index contributed by atoms with van der Waals surface area (Å²) in [5.74, 6) is -3.87. The van der Waals surface area contributed by atoms with Crippen molar-refractivity contribution in [2.75, 3.05) is 10.6 Å². The SMILES string of the molecule is O=C1CC(C(=O)Nc2nc3cc(Oc4ccc(F)c(NC(=O)Cc5cccc(OC(F)(F)F)c5)c4)c(F)cc3s2)C1. The summed E-state index contributed by atoms with van der Waals surface area (Å²) in [7, 11) is 0. The molecule has 41 heavy (non-hydrogen) atoms. The topological polar surface area (TPSA) is 107 Å². The molecule has 8 nitrogen and oxygen atoms in total. The third-order valence-corrected chi connectivity index (χ3v) is 6.86. The van der Waals surface area contributed by atoms with Gasteiger partial charge in [0.1, 0.15) is 23.1 Å². The normalized spacial score (nSPS) is 13.5. The molecule has 1 fully saturated rings. The molecule has 0 atom stereocenters. The van der Waals surface area contributed by atoms with Crippen LogP contribution < -0.4 is 20.1 Å². The van der Waals surface area contributed by atoms with Crippen molar-refractivity contribution < 1.29 is 45.8 Å². The van der Waals surface area contributed by atoms with E-state index in [1.807, 2.05) is 0 Å². The van der Waals surface area contributed by atoms with Crippen LogP contribution in [-0.2, 0) is 20.8 Å². The van der Waals surface area contributed by atoms with Crippen LogP contribution in [0.5, 0.6) is 17.2 Å². The highest BCUT2D eigenvalue weighted by Gasteiger charge is 2.33. The first-order valence-corrected chi connectivity index (χ1v) is 12.8. The third kappa shape index (κ3) is 6.95. The van der Waals surface area contributed by atoms with E-state index in [-0.39, 0.29) is 58.8 Å². The maximum atomic E-state index is 14.8. The third-order valence-electron chi connectivity index (χ3n) is 5.93. The molecule has 5 rings (SSSR count). The van der Waals surface area contributed by atoms with Gasteiger partial charge in [-0.15, -0.1) is 13.2 Å². The van der Waals surface area contributed by atoms with Crippen molar-refractivity contribution in [3.05, 3.63) is 71.8 Å². The number of aromatic nitrogens is 1. The first kappa shape index (κ1) is 28.0. The second-order valence-electron chi connectivity index (χ2n) is 9.07. The Morgan fingerprint density at radius 3 is 2.49 bits per heavy atom. The summed E-state index contributed by atoms with van der Waals surface area (Å²) in [6.07, 6.45) is -4.93. The van der Waals surface area contributed by atoms with Crippen molar-refractivity contribution in [2.45, 2.75) is 25.6 Å². The Balaban J connectivity index is 1.26. The first-order valence-electron chi connectivity index (χ1n) is 12.0. The van der Waals surface area contributed by atoms with Gasteiger partial charge in [-0.25, -0.2) is 13.8 Å². The fraction of sp³-hybridized carbons (Fsp3) is 0.185. The molecule has 0 radical (unpaired) electrons. The summed E-state index contributed by atoms with van der Waals surface area (Å²) in [4.78, 5) is 40.0. The second kappa shape index (κ2) is 11.1. The van der Waals surface area contributed by atoms with Crippen LogP contribution >= 0.6 is 11.3 Å². The lowest BCUT2D eigenvalue weighted by Gasteiger charge is -2.21. The molecule has 0 aliphatic heterocycles. The van der Waals surface area contributed by atoms with Crippen LogP contribution in [0.1, 0.15) is 18.4 Å². The Kier molecular flexibility index (Phi) is 7.58. The number of carbonyl (C=O) groups is 3. The van der Waals surface area contributed by atoms with Gasteiger partial charge in [0.15, 0.2) is 16.7 Å². The number of ether oxygens (including phenoxy) is 2. The van der Waals surface area contributed by atoms with Crippen LogP contribution in [0, 0.1) is 17.6 Å². The van der Waals surface area contributed by atoms with Gasteiger partial charge < -0.3 is 20.1 Å². The number of anilines is 2. The van der Waals surface area contributed by atoms with Gasteiger partial charge in [-0.1, -0.05) is 23.5 Å². The zero-order chi connectivity index (χ0) is 29.3. The molecule has 0 unspecified atom stereocenters. The summed E-state index contributed by atoms with van der Waals surface area (Å²) in [6.45, 7) is 0. The Morgan fingerprint density at radius 2 is 1.76 bits per heavy atom. The minimum absolute atomic E-state index is 0.00609. The fourth-order valence-corrected chi connectivity index (χ4v) is 4.84. The minimum atomic E-state index is -4.90. The van der Waals surface area contributed by atoms with E-state index >= 15 is 0 Å². The van der Waals surface area contributed by atoms with Crippen LogP contribution in [0.2, 0.25) is 0 Å². The number of Topliss-reactive ketones (excluding diaryl/α,β-unsaturated/α-hetero) is 1. The van der Waals surface area contributed by atoms with Gasteiger partial charge in [-0.3, -0.25) is 14.4 Å². The van der Waals surface area contributed by atoms with E-state index in [4.69, 9.17) is 4.74 Å². The van der Waals surface area contributed by atoms with Crippen LogP contribution in [0.4, 0.5) is 32.8 Å². The van der Waals surface area contributed by atoms with Crippen molar-refractivity contribution >= 4 is 50.0 Å². The van der Waals surface area contributed by atoms with Crippen LogP contribution in [0.15, 0.2) is 54.6 Å². The number of amides is 2. The molecular weight excluding hydrogens is 573 g/mol. The molecule has 0 spiro atoms. The summed E-state index contributed by atoms with van der Waals surface area (Å²) >= 11 is 1.04. The molecule has 1 heterocycles. The number of benzene rings is 3. The Morgan fingerprint density at radius 1 is 0.976 bits per heavy atom. The predicted molar refractivity (Wildman–Crippen MR) is 138 cm³/mol. The van der Waals surface area contributed by atoms with Crippen molar-refractivity contribution in [1.29, 1.82) is 0 Å². The van der Waals surface area contributed by atoms with E-state index in [2.05, 4.69) is 20.4 Å². The molecule has 3 aromatic carbocycles. The average molecular weight is 592 g/mol. The molecule has 1 aliphatic rings. The van der Waals surface area contributed by atoms with E-state index in [1.54, 1.807) is 0 Å². The maximum Gasteiger partial charge on any atom is 0.573 e. The lowest BCUT2D eigenvalue weighted by Crippen LogP contribution is -2.34. The number of carbonyl (C=O) groups excluding carboxylic acids is 3. The highest BCUT2D eigenvalue weighted by Crippen LogP contribution is 2.35. The number of nitrogens with zero attached hydrogens (tertiary/aromatic N) is 1. The number of nitrogens with one attached hydrogen (secondary N) is 2. The number of fused-ring (bicyclic) bond motifs is 1. The van der Waals surface area contributed by atoms with Crippen LogP contribution in [-0.4, -0.2) is 28.9 Å². The molecule has 212 valence electrons. The molecule has 1 aromatic heterocycles. The number of halogens is 5. The number of alkyl halides is 3. The average Bonchev–Trinajstić information content (AvgIpc) is 3.24. The predicted octanol–water partition coefficient (Wildman–Crippen LogP) is 6.36. The van der Waals surface area contributed by atoms with Crippen molar-refractivity contribution in [3.63, 3.8) is 0 Å². The van der Waals surface area contributed by atoms with E-state index in [9.17, 15) is 36.3 Å². The monoisotopic (exact) mass is 591 g/mol. The highest BCUT2D eigenvalue weighted by molar-refractivity contribution is 7.22. The highest BCUT2D eigenvalue weighted by atomic mass is 32.1. The standard InChI is InChI=1S/C27H18F5N3O5S/c28-18-5-4-16(10-20(18)33-24(37)7-13-2-1-3-17(6-13)40-27(30,31)32)39-22-12-21-23(11-19(22)29)41-26(34-21)35-25(38)14-8-15(36)9-14/h1-6,10-12,14H,7-9H2,(H,33,37)(H,34,35,38). The van der Waals surface area contributed by atoms with Gasteiger partial charge in [-0.2, -0.15) is 0 Å². The smallest absolute Gasteiger partial charge is 0.454 e. The van der Waals surface area contributed by atoms with Crippen molar-refractivity contribution in [2.24, 2.45) is 5.92 Å². The molecule has 0 saturated heterocycles. The zero-order valence-corrected chi connectivity index (χ0v) is 21.5. The van der Waals surface area contributed by atoms with Gasteiger partial charge >= 0.3 is 6.36 Å². The van der Waals surface area contributed by atoms with E-state index in [1.165, 1.54) is 24.3 Å². The largest absolute Gasteiger partial charge is 0.573 e. The van der Waals surface area contributed by atoms with Gasteiger partial charge in [0, 0.05) is 25.0 Å². The van der Waals surface area contributed by atoms with Crippen molar-refractivity contribution in [1.82, 2.24) is 4.98 Å². The molecule has 1 saturated carbocycles. The van der Waals surface area contributed by atoms with Gasteiger partial charge in [0.2, 0.25) is 11.8 Å². The molecule has 2 amide bonds. The first-order chi connectivity index (χ1) is 19.4. The molecule has 14 heteroatoms. The number of hydrogen-bond donors (Lipinski definition) is 2. The lowest BCUT2D eigenvalue weighted by atomic mass is 9.83. The van der Waals surface area contributed by atoms with E-state index in [0.717, 1.165) is 41.7 Å². The van der Waals surface area contributed by atoms with Crippen LogP contribution in [0.25, 0.3) is 10.2 Å². The lowest BCUT2D eigenvalue weighted by molar-refractivity contribution is -0.274. The van der Waals surface area contributed by atoms with Gasteiger partial charge in [0.25, 0.3) is 0 Å². The summed E-state index contributed by atoms with van der Waals surface area (Å²) < 4.78 is 76.4.